The van der Waals surface area contributed by atoms with Crippen molar-refractivity contribution in [2.75, 3.05) is 18.2 Å². The van der Waals surface area contributed by atoms with Crippen molar-refractivity contribution in [3.8, 4) is 5.75 Å². The number of carbonyl (C=O) groups is 2. The predicted molar refractivity (Wildman–Crippen MR) is 89.1 cm³/mol. The van der Waals surface area contributed by atoms with Gasteiger partial charge in [0.25, 0.3) is 5.91 Å². The van der Waals surface area contributed by atoms with Crippen LogP contribution in [0, 0.1) is 0 Å². The van der Waals surface area contributed by atoms with E-state index in [1.807, 2.05) is 0 Å². The Balaban J connectivity index is 1.89. The minimum atomic E-state index is -0.391. The Morgan fingerprint density at radius 1 is 1.09 bits per heavy atom. The number of hydrogen-bond acceptors (Lipinski definition) is 4. The third-order valence-corrected chi connectivity index (χ3v) is 3.02. The van der Waals surface area contributed by atoms with Gasteiger partial charge in [0, 0.05) is 17.8 Å². The lowest BCUT2D eigenvalue weighted by atomic mass is 10.2. The molecule has 0 atom stereocenters. The summed E-state index contributed by atoms with van der Waals surface area (Å²) in [5, 5.41) is 5.14. The Hall–Kier alpha value is -3.28. The van der Waals surface area contributed by atoms with E-state index < -0.39 is 5.91 Å². The molecule has 0 radical (unpaired) electrons. The molecule has 0 fully saturated rings. The zero-order valence-corrected chi connectivity index (χ0v) is 12.6. The molecule has 23 heavy (non-hydrogen) atoms. The molecule has 2 amide bonds. The number of nitrogens with one attached hydrogen (secondary N) is 2. The number of hydrogen-bond donors (Lipinski definition) is 3. The maximum Gasteiger partial charge on any atom is 0.255 e. The molecule has 2 aromatic carbocycles. The molecule has 6 heteroatoms. The minimum Gasteiger partial charge on any atom is -0.497 e. The summed E-state index contributed by atoms with van der Waals surface area (Å²) in [7, 11) is 1.55. The van der Waals surface area contributed by atoms with Crippen LogP contribution in [0.15, 0.2) is 60.8 Å². The molecule has 0 aliphatic rings. The van der Waals surface area contributed by atoms with Crippen LogP contribution < -0.4 is 21.1 Å². The van der Waals surface area contributed by atoms with Crippen molar-refractivity contribution in [2.45, 2.75) is 0 Å². The molecule has 0 unspecified atom stereocenters. The van der Waals surface area contributed by atoms with Crippen molar-refractivity contribution in [1.29, 1.82) is 0 Å². The lowest BCUT2D eigenvalue weighted by Gasteiger charge is -2.05. The zero-order valence-electron chi connectivity index (χ0n) is 12.6. The van der Waals surface area contributed by atoms with E-state index in [0.717, 1.165) is 0 Å². The monoisotopic (exact) mass is 311 g/mol. The van der Waals surface area contributed by atoms with E-state index in [-0.39, 0.29) is 5.91 Å². The van der Waals surface area contributed by atoms with E-state index in [4.69, 9.17) is 10.5 Å². The van der Waals surface area contributed by atoms with Crippen LogP contribution in [0.5, 0.6) is 5.75 Å². The molecule has 0 bridgehead atoms. The fourth-order valence-electron chi connectivity index (χ4n) is 1.80. The number of nitrogen functional groups attached to an aromatic ring is 1. The molecule has 0 aromatic heterocycles. The molecule has 4 N–H and O–H groups in total. The molecule has 0 heterocycles. The van der Waals surface area contributed by atoms with Crippen LogP contribution in [0.2, 0.25) is 0 Å². The van der Waals surface area contributed by atoms with Gasteiger partial charge in [-0.3, -0.25) is 9.59 Å². The first-order valence-corrected chi connectivity index (χ1v) is 6.87. The van der Waals surface area contributed by atoms with Gasteiger partial charge in [0.2, 0.25) is 5.91 Å². The maximum atomic E-state index is 11.9. The lowest BCUT2D eigenvalue weighted by molar-refractivity contribution is -0.111. The molecular formula is C17H17N3O3. The van der Waals surface area contributed by atoms with Crippen molar-refractivity contribution < 1.29 is 14.3 Å². The molecule has 0 saturated heterocycles. The molecule has 6 nitrogen and oxygen atoms in total. The van der Waals surface area contributed by atoms with Gasteiger partial charge in [0.05, 0.1) is 18.5 Å². The van der Waals surface area contributed by atoms with Crippen LogP contribution in [0.4, 0.5) is 11.4 Å². The zero-order chi connectivity index (χ0) is 16.7. The van der Waals surface area contributed by atoms with E-state index >= 15 is 0 Å². The van der Waals surface area contributed by atoms with Gasteiger partial charge in [0.15, 0.2) is 0 Å². The molecule has 0 aliphatic carbocycles. The summed E-state index contributed by atoms with van der Waals surface area (Å²) in [5.41, 5.74) is 7.17. The Labute approximate surface area is 133 Å². The molecule has 118 valence electrons. The Morgan fingerprint density at radius 2 is 1.78 bits per heavy atom. The van der Waals surface area contributed by atoms with Crippen molar-refractivity contribution in [3.63, 3.8) is 0 Å². The van der Waals surface area contributed by atoms with Crippen LogP contribution in [-0.2, 0) is 4.79 Å². The second-order valence-electron chi connectivity index (χ2n) is 4.61. The van der Waals surface area contributed by atoms with Crippen LogP contribution in [0.1, 0.15) is 10.4 Å². The quantitative estimate of drug-likeness (QED) is 0.582. The number of anilines is 2. The average molecular weight is 311 g/mol. The molecule has 0 saturated carbocycles. The fraction of sp³-hybridized carbons (Fsp3) is 0.0588. The van der Waals surface area contributed by atoms with Gasteiger partial charge in [-0.15, -0.1) is 0 Å². The summed E-state index contributed by atoms with van der Waals surface area (Å²) >= 11 is 0. The molecule has 0 aliphatic heterocycles. The van der Waals surface area contributed by atoms with E-state index in [1.165, 1.54) is 12.3 Å². The van der Waals surface area contributed by atoms with E-state index in [0.29, 0.717) is 22.7 Å². The fourth-order valence-corrected chi connectivity index (χ4v) is 1.80. The average Bonchev–Trinajstić information content (AvgIpc) is 2.57. The van der Waals surface area contributed by atoms with Gasteiger partial charge >= 0.3 is 0 Å². The van der Waals surface area contributed by atoms with Crippen LogP contribution in [-0.4, -0.2) is 18.9 Å². The van der Waals surface area contributed by atoms with Gasteiger partial charge in [-0.05, 0) is 36.4 Å². The predicted octanol–water partition coefficient (Wildman–Crippen LogP) is 2.16. The summed E-state index contributed by atoms with van der Waals surface area (Å²) in [6.45, 7) is 0. The molecule has 2 aromatic rings. The molecule has 0 spiro atoms. The molecular weight excluding hydrogens is 294 g/mol. The standard InChI is InChI=1S/C17H17N3O3/c1-23-13-8-6-12(7-9-13)17(22)19-11-10-16(21)20-15-5-3-2-4-14(15)18/h2-11H,18H2,1H3,(H,19,22)(H,20,21)/b11-10+. The number of methoxy groups -OCH3 is 1. The van der Waals surface area contributed by atoms with Gasteiger partial charge in [-0.1, -0.05) is 12.1 Å². The summed E-state index contributed by atoms with van der Waals surface area (Å²) in [6, 6.07) is 13.5. The van der Waals surface area contributed by atoms with E-state index in [2.05, 4.69) is 10.6 Å². The van der Waals surface area contributed by atoms with Crippen LogP contribution >= 0.6 is 0 Å². The number of nitrogens with two attached hydrogens (primary N) is 1. The van der Waals surface area contributed by atoms with E-state index in [1.54, 1.807) is 55.6 Å². The van der Waals surface area contributed by atoms with Crippen molar-refractivity contribution in [2.24, 2.45) is 0 Å². The Morgan fingerprint density at radius 3 is 2.43 bits per heavy atom. The smallest absolute Gasteiger partial charge is 0.255 e. The van der Waals surface area contributed by atoms with Crippen LogP contribution in [0.25, 0.3) is 0 Å². The Bertz CT molecular complexity index is 724. The minimum absolute atomic E-state index is 0.323. The second kappa shape index (κ2) is 7.65. The number of rotatable bonds is 5. The highest BCUT2D eigenvalue weighted by Gasteiger charge is 2.04. The number of ether oxygens (including phenoxy) is 1. The van der Waals surface area contributed by atoms with Gasteiger partial charge in [0.1, 0.15) is 5.75 Å². The first kappa shape index (κ1) is 16.1. The van der Waals surface area contributed by atoms with Crippen molar-refractivity contribution >= 4 is 23.2 Å². The van der Waals surface area contributed by atoms with Crippen molar-refractivity contribution in [3.05, 3.63) is 66.4 Å². The van der Waals surface area contributed by atoms with Gasteiger partial charge in [-0.25, -0.2) is 0 Å². The topological polar surface area (TPSA) is 93.4 Å². The third kappa shape index (κ3) is 4.60. The first-order chi connectivity index (χ1) is 11.1. The second-order valence-corrected chi connectivity index (χ2v) is 4.61. The normalized spacial score (nSPS) is 10.3. The first-order valence-electron chi connectivity index (χ1n) is 6.87. The highest BCUT2D eigenvalue weighted by atomic mass is 16.5. The largest absolute Gasteiger partial charge is 0.497 e. The third-order valence-electron chi connectivity index (χ3n) is 3.02. The summed E-state index contributed by atoms with van der Waals surface area (Å²) < 4.78 is 5.02. The highest BCUT2D eigenvalue weighted by Crippen LogP contribution is 2.16. The lowest BCUT2D eigenvalue weighted by Crippen LogP contribution is -2.18. The van der Waals surface area contributed by atoms with Crippen molar-refractivity contribution in [1.82, 2.24) is 5.32 Å². The Kier molecular flexibility index (Phi) is 5.35. The molecule has 2 rings (SSSR count). The van der Waals surface area contributed by atoms with Gasteiger partial charge < -0.3 is 21.1 Å². The summed E-state index contributed by atoms with van der Waals surface area (Å²) in [4.78, 5) is 23.6. The number of amides is 2. The van der Waals surface area contributed by atoms with E-state index in [9.17, 15) is 9.59 Å². The highest BCUT2D eigenvalue weighted by molar-refractivity contribution is 6.02. The summed E-state index contributed by atoms with van der Waals surface area (Å²) in [6.07, 6.45) is 2.49. The van der Waals surface area contributed by atoms with Crippen LogP contribution in [0.3, 0.4) is 0 Å². The maximum absolute atomic E-state index is 11.9. The van der Waals surface area contributed by atoms with Gasteiger partial charge in [-0.2, -0.15) is 0 Å². The SMILES string of the molecule is COc1ccc(C(=O)N/C=C/C(=O)Nc2ccccc2N)cc1. The number of benzene rings is 2. The summed E-state index contributed by atoms with van der Waals surface area (Å²) in [5.74, 6) is -0.0502. The number of carbonyl (C=O) groups excluding carboxylic acids is 2. The number of para-hydroxylation sites is 2.